The van der Waals surface area contributed by atoms with E-state index in [-0.39, 0.29) is 35.5 Å². The fraction of sp³-hybridized carbons (Fsp3) is 0.500. The van der Waals surface area contributed by atoms with Crippen molar-refractivity contribution in [2.75, 3.05) is 44.8 Å². The molecule has 2 aromatic carbocycles. The minimum atomic E-state index is -0.694. The van der Waals surface area contributed by atoms with Gasteiger partial charge in [-0.2, -0.15) is 0 Å². The summed E-state index contributed by atoms with van der Waals surface area (Å²) in [4.78, 5) is 44.6. The van der Waals surface area contributed by atoms with Crippen molar-refractivity contribution in [3.05, 3.63) is 78.1 Å². The van der Waals surface area contributed by atoms with Crippen LogP contribution in [-0.2, 0) is 25.5 Å². The molecule has 3 amide bonds. The number of fused-ring (bicyclic) bond motifs is 1. The lowest BCUT2D eigenvalue weighted by molar-refractivity contribution is -0.140. The lowest BCUT2D eigenvalue weighted by atomic mass is 9.75. The van der Waals surface area contributed by atoms with E-state index < -0.39 is 11.5 Å². The van der Waals surface area contributed by atoms with Crippen LogP contribution in [0.25, 0.3) is 0 Å². The van der Waals surface area contributed by atoms with Crippen molar-refractivity contribution in [1.29, 1.82) is 0 Å². The van der Waals surface area contributed by atoms with Crippen LogP contribution in [0.1, 0.15) is 44.1 Å². The van der Waals surface area contributed by atoms with Crippen LogP contribution in [0.4, 0.5) is 10.1 Å². The number of nitrogens with zero attached hydrogens (tertiary/aromatic N) is 2. The maximum absolute atomic E-state index is 13.8. The summed E-state index contributed by atoms with van der Waals surface area (Å²) in [5.41, 5.74) is 1.24. The van der Waals surface area contributed by atoms with Crippen LogP contribution in [0.2, 0.25) is 0 Å². The van der Waals surface area contributed by atoms with Gasteiger partial charge in [0.15, 0.2) is 0 Å². The summed E-state index contributed by atoms with van der Waals surface area (Å²) < 4.78 is 18.9. The molecule has 9 heteroatoms. The van der Waals surface area contributed by atoms with Crippen LogP contribution < -0.4 is 15.5 Å². The molecule has 0 radical (unpaired) electrons. The average Bonchev–Trinajstić information content (AvgIpc) is 3.02. The van der Waals surface area contributed by atoms with Crippen molar-refractivity contribution in [2.24, 2.45) is 11.3 Å². The Morgan fingerprint density at radius 1 is 1.05 bits per heavy atom. The van der Waals surface area contributed by atoms with Crippen molar-refractivity contribution in [3.8, 4) is 0 Å². The number of rotatable bonds is 6. The highest BCUT2D eigenvalue weighted by Crippen LogP contribution is 2.36. The molecule has 230 valence electrons. The van der Waals surface area contributed by atoms with Crippen LogP contribution in [0.3, 0.4) is 0 Å². The first kappa shape index (κ1) is 30.7. The number of ether oxygens (including phenoxy) is 1. The molecular formula is C34H43FN4O4. The van der Waals surface area contributed by atoms with E-state index in [1.54, 1.807) is 12.1 Å². The van der Waals surface area contributed by atoms with E-state index >= 15 is 0 Å². The molecule has 0 saturated carbocycles. The van der Waals surface area contributed by atoms with Gasteiger partial charge < -0.3 is 25.2 Å². The Morgan fingerprint density at radius 2 is 1.79 bits per heavy atom. The summed E-state index contributed by atoms with van der Waals surface area (Å²) in [6.07, 6.45) is 8.17. The van der Waals surface area contributed by atoms with E-state index in [0.717, 1.165) is 11.3 Å². The van der Waals surface area contributed by atoms with Gasteiger partial charge in [-0.1, -0.05) is 42.5 Å². The second-order valence-corrected chi connectivity index (χ2v) is 12.2. The molecule has 0 unspecified atom stereocenters. The van der Waals surface area contributed by atoms with E-state index in [1.165, 1.54) is 12.1 Å². The van der Waals surface area contributed by atoms with Gasteiger partial charge in [-0.3, -0.25) is 14.4 Å². The molecule has 2 saturated heterocycles. The van der Waals surface area contributed by atoms with Crippen LogP contribution in [0.15, 0.2) is 66.7 Å². The maximum Gasteiger partial charge on any atom is 0.243 e. The lowest BCUT2D eigenvalue weighted by Gasteiger charge is -2.40. The van der Waals surface area contributed by atoms with Crippen LogP contribution in [-0.4, -0.2) is 74.6 Å². The second-order valence-electron chi connectivity index (χ2n) is 12.2. The van der Waals surface area contributed by atoms with Gasteiger partial charge in [0.1, 0.15) is 11.9 Å². The van der Waals surface area contributed by atoms with Crippen LogP contribution in [0.5, 0.6) is 0 Å². The summed E-state index contributed by atoms with van der Waals surface area (Å²) in [6.45, 7) is 2.69. The number of allylic oxidation sites excluding steroid dienone is 2. The smallest absolute Gasteiger partial charge is 0.243 e. The molecule has 5 rings (SSSR count). The zero-order valence-electron chi connectivity index (χ0n) is 25.0. The summed E-state index contributed by atoms with van der Waals surface area (Å²) in [5, 5.41) is 6.40. The molecule has 43 heavy (non-hydrogen) atoms. The lowest BCUT2D eigenvalue weighted by Crippen LogP contribution is -2.58. The molecule has 2 N–H and O–H groups in total. The molecule has 1 spiro atoms. The molecule has 3 atom stereocenters. The maximum atomic E-state index is 13.8. The quantitative estimate of drug-likeness (QED) is 0.499. The molecule has 3 aliphatic heterocycles. The van der Waals surface area contributed by atoms with E-state index in [1.807, 2.05) is 47.2 Å². The van der Waals surface area contributed by atoms with Crippen molar-refractivity contribution < 1.29 is 23.5 Å². The predicted molar refractivity (Wildman–Crippen MR) is 164 cm³/mol. The topological polar surface area (TPSA) is 91.0 Å². The molecule has 0 aliphatic carbocycles. The van der Waals surface area contributed by atoms with Crippen molar-refractivity contribution in [2.45, 2.75) is 57.0 Å². The molecule has 8 nitrogen and oxygen atoms in total. The Morgan fingerprint density at radius 3 is 2.53 bits per heavy atom. The van der Waals surface area contributed by atoms with E-state index in [4.69, 9.17) is 4.74 Å². The van der Waals surface area contributed by atoms with Gasteiger partial charge in [-0.15, -0.1) is 0 Å². The number of carbonyl (C=O) groups excluding carboxylic acids is 3. The third-order valence-corrected chi connectivity index (χ3v) is 9.29. The Bertz CT molecular complexity index is 1280. The molecule has 2 aromatic rings. The number of hydrogen-bond donors (Lipinski definition) is 2. The minimum absolute atomic E-state index is 0.0610. The number of amides is 3. The highest BCUT2D eigenvalue weighted by molar-refractivity contribution is 5.90. The average molecular weight is 591 g/mol. The van der Waals surface area contributed by atoms with E-state index in [9.17, 15) is 18.8 Å². The first-order valence-electron chi connectivity index (χ1n) is 15.5. The van der Waals surface area contributed by atoms with Gasteiger partial charge in [-0.05, 0) is 61.9 Å². The summed E-state index contributed by atoms with van der Waals surface area (Å²) in [7, 11) is 1.90. The highest BCUT2D eigenvalue weighted by Gasteiger charge is 2.41. The van der Waals surface area contributed by atoms with E-state index in [2.05, 4.69) is 22.8 Å². The number of carbonyl (C=O) groups is 3. The first-order valence-corrected chi connectivity index (χ1v) is 15.5. The minimum Gasteiger partial charge on any atom is -0.381 e. The Labute approximate surface area is 253 Å². The fourth-order valence-corrected chi connectivity index (χ4v) is 6.45. The summed E-state index contributed by atoms with van der Waals surface area (Å²) >= 11 is 0. The summed E-state index contributed by atoms with van der Waals surface area (Å²) in [6, 6.07) is 15.2. The monoisotopic (exact) mass is 590 g/mol. The largest absolute Gasteiger partial charge is 0.381 e. The van der Waals surface area contributed by atoms with Gasteiger partial charge in [0.2, 0.25) is 17.7 Å². The molecule has 0 aromatic heterocycles. The molecule has 3 heterocycles. The van der Waals surface area contributed by atoms with E-state index in [0.29, 0.717) is 77.8 Å². The number of benzene rings is 2. The molecule has 2 fully saturated rings. The van der Waals surface area contributed by atoms with Gasteiger partial charge >= 0.3 is 0 Å². The predicted octanol–water partition coefficient (Wildman–Crippen LogP) is 3.86. The number of piperidine rings is 1. The Kier molecular flexibility index (Phi) is 10.1. The summed E-state index contributed by atoms with van der Waals surface area (Å²) in [5.74, 6) is -0.416. The van der Waals surface area contributed by atoms with Gasteiger partial charge in [-0.25, -0.2) is 4.39 Å². The number of anilines is 1. The van der Waals surface area contributed by atoms with Crippen molar-refractivity contribution in [3.63, 3.8) is 0 Å². The number of nitrogens with one attached hydrogen (secondary N) is 2. The highest BCUT2D eigenvalue weighted by atomic mass is 19.1. The first-order chi connectivity index (χ1) is 20.8. The fourth-order valence-electron chi connectivity index (χ4n) is 6.45. The zero-order chi connectivity index (χ0) is 30.2. The standard InChI is InChI=1S/C34H43FN4O4/c1-38(28-12-10-27(35)11-13-28)19-15-31(40)39-20-14-29-26(24-39)9-5-6-16-34(17-21-43-22-18-34)33(42)37-30(32(41)36-29)23-25-7-3-2-4-8-25/h2-8,10-13,26,29-30H,9,14-24H2,1H3,(H,36,41)(H,37,42)/b6-5+/t26-,29+,30-/m1/s1. The normalized spacial score (nSPS) is 25.0. The number of halogens is 1. The molecule has 0 bridgehead atoms. The zero-order valence-corrected chi connectivity index (χ0v) is 25.0. The van der Waals surface area contributed by atoms with Gasteiger partial charge in [0, 0.05) is 70.4 Å². The molecule has 3 aliphatic rings. The molecular weight excluding hydrogens is 547 g/mol. The van der Waals surface area contributed by atoms with Crippen molar-refractivity contribution >= 4 is 23.4 Å². The number of hydrogen-bond acceptors (Lipinski definition) is 5. The second kappa shape index (κ2) is 14.2. The van der Waals surface area contributed by atoms with Crippen molar-refractivity contribution in [1.82, 2.24) is 15.5 Å². The third-order valence-electron chi connectivity index (χ3n) is 9.29. The SMILES string of the molecule is CN(CCC(=O)N1CC[C@@H]2NC(=O)[C@@H](Cc3ccccc3)NC(=O)C3(C/C=C/C[C@@H]2C1)CCOCC3)c1ccc(F)cc1. The third kappa shape index (κ3) is 7.82. The van der Waals surface area contributed by atoms with Gasteiger partial charge in [0.25, 0.3) is 0 Å². The van der Waals surface area contributed by atoms with Crippen LogP contribution in [0, 0.1) is 17.2 Å². The van der Waals surface area contributed by atoms with Crippen LogP contribution >= 0.6 is 0 Å². The number of likely N-dealkylation sites (tertiary alicyclic amines) is 1. The van der Waals surface area contributed by atoms with Gasteiger partial charge in [0.05, 0.1) is 5.41 Å². The Balaban J connectivity index is 1.29. The Hall–Kier alpha value is -3.72.